The van der Waals surface area contributed by atoms with Gasteiger partial charge < -0.3 is 20.0 Å². The zero-order valence-corrected chi connectivity index (χ0v) is 32.3. The fraction of sp³-hybridized carbons (Fsp3) is 0. The van der Waals surface area contributed by atoms with E-state index in [9.17, 15) is 9.59 Å². The number of fused-ring (bicyclic) bond motifs is 4. The molecule has 0 bridgehead atoms. The van der Waals surface area contributed by atoms with Crippen LogP contribution >= 0.6 is 38.6 Å². The molecule has 4 N–H and O–H groups in total. The Kier molecular flexibility index (Phi) is 10.7. The van der Waals surface area contributed by atoms with Crippen molar-refractivity contribution in [3.05, 3.63) is 170 Å². The van der Waals surface area contributed by atoms with Crippen LogP contribution in [0.1, 0.15) is 0 Å². The van der Waals surface area contributed by atoms with E-state index in [0.29, 0.717) is 27.5 Å². The van der Waals surface area contributed by atoms with Gasteiger partial charge in [0.25, 0.3) is 0 Å². The van der Waals surface area contributed by atoms with Gasteiger partial charge in [0.2, 0.25) is 0 Å². The van der Waals surface area contributed by atoms with Crippen LogP contribution in [0.5, 0.6) is 0 Å². The van der Waals surface area contributed by atoms with Gasteiger partial charge in [-0.2, -0.15) is 0 Å². The van der Waals surface area contributed by atoms with Crippen LogP contribution in [0.25, 0.3) is 76.1 Å². The molecule has 0 atom stereocenters. The first-order valence-corrected chi connectivity index (χ1v) is 19.7. The molecular formula is C42H28BBrN6O4S2. The van der Waals surface area contributed by atoms with Gasteiger partial charge in [-0.1, -0.05) is 72.8 Å². The molecule has 0 unspecified atom stereocenters. The molecule has 14 heteroatoms. The largest absolute Gasteiger partial charge is 0.488 e. The second-order valence-corrected chi connectivity index (χ2v) is 15.0. The van der Waals surface area contributed by atoms with E-state index in [1.807, 2.05) is 90.4 Å². The summed E-state index contributed by atoms with van der Waals surface area (Å²) in [4.78, 5) is 47.8. The predicted molar refractivity (Wildman–Crippen MR) is 231 cm³/mol. The first-order chi connectivity index (χ1) is 27.3. The molecule has 56 heavy (non-hydrogen) atoms. The molecule has 10 rings (SSSR count). The zero-order chi connectivity index (χ0) is 38.6. The van der Waals surface area contributed by atoms with E-state index in [2.05, 4.69) is 46.9 Å². The third-order valence-electron chi connectivity index (χ3n) is 8.83. The van der Waals surface area contributed by atoms with Crippen molar-refractivity contribution in [3.63, 3.8) is 0 Å². The smallest absolute Gasteiger partial charge is 0.423 e. The number of hydrogen-bond donors (Lipinski definition) is 4. The van der Waals surface area contributed by atoms with Gasteiger partial charge >= 0.3 is 7.12 Å². The number of aromatic amines is 2. The molecule has 0 saturated carbocycles. The predicted octanol–water partition coefficient (Wildman–Crippen LogP) is 8.20. The molecular weight excluding hydrogens is 807 g/mol. The summed E-state index contributed by atoms with van der Waals surface area (Å²) < 4.78 is 2.90. The summed E-state index contributed by atoms with van der Waals surface area (Å²) in [7, 11) is -1.39. The quantitative estimate of drug-likeness (QED) is 0.129. The Bertz CT molecular complexity index is 3100. The Morgan fingerprint density at radius 2 is 1.11 bits per heavy atom. The Balaban J connectivity index is 0.000000128. The SMILES string of the molecule is O=c1cc[nH]c2nc(-c3ccccc3)c(-c3ccc4ncsc4c3)cc12.O=c1cc[nH]c2nc(-c3ccccc3)c(Br)cc12.OB(O)c1ccc2ncsc2c1. The molecule has 0 spiro atoms. The maximum atomic E-state index is 12.3. The van der Waals surface area contributed by atoms with E-state index in [1.54, 1.807) is 47.4 Å². The minimum absolute atomic E-state index is 0.0310. The molecule has 0 saturated heterocycles. The van der Waals surface area contributed by atoms with Gasteiger partial charge in [-0.05, 0) is 63.4 Å². The fourth-order valence-electron chi connectivity index (χ4n) is 6.06. The minimum Gasteiger partial charge on any atom is -0.423 e. The molecule has 0 amide bonds. The lowest BCUT2D eigenvalue weighted by atomic mass is 9.80. The first-order valence-electron chi connectivity index (χ1n) is 17.2. The third kappa shape index (κ3) is 7.82. The van der Waals surface area contributed by atoms with E-state index in [0.717, 1.165) is 58.5 Å². The maximum Gasteiger partial charge on any atom is 0.488 e. The summed E-state index contributed by atoms with van der Waals surface area (Å²) in [6.45, 7) is 0. The summed E-state index contributed by atoms with van der Waals surface area (Å²) in [5, 5.41) is 18.9. The van der Waals surface area contributed by atoms with Gasteiger partial charge in [-0.25, -0.2) is 19.9 Å². The monoisotopic (exact) mass is 834 g/mol. The number of H-pyrrole nitrogens is 2. The van der Waals surface area contributed by atoms with Crippen molar-refractivity contribution in [2.75, 3.05) is 0 Å². The standard InChI is InChI=1S/C21H13N3OS.C14H9BrN2O.C7H6BNO2S/c25-18-8-9-22-21-16(18)11-15(20(24-21)13-4-2-1-3-5-13)14-6-7-17-19(10-14)26-12-23-17;15-11-8-10-12(18)6-7-16-14(10)17-13(11)9-4-2-1-3-5-9;10-8(11)5-1-2-6-7(3-5)12-4-9-6/h1-12H,(H,22,24,25);1-8H,(H,16,17,18);1-4,10-11H. The van der Waals surface area contributed by atoms with Crippen LogP contribution in [0.4, 0.5) is 0 Å². The van der Waals surface area contributed by atoms with Crippen molar-refractivity contribution >= 4 is 93.7 Å². The lowest BCUT2D eigenvalue weighted by molar-refractivity contribution is 0.426. The molecule has 10 aromatic rings. The number of nitrogens with zero attached hydrogens (tertiary/aromatic N) is 4. The summed E-state index contributed by atoms with van der Waals surface area (Å²) in [5.74, 6) is 0. The number of nitrogens with one attached hydrogen (secondary N) is 2. The summed E-state index contributed by atoms with van der Waals surface area (Å²) in [6.07, 6.45) is 3.25. The highest BCUT2D eigenvalue weighted by Gasteiger charge is 2.15. The van der Waals surface area contributed by atoms with Gasteiger partial charge in [0.05, 0.1) is 53.6 Å². The van der Waals surface area contributed by atoms with Crippen LogP contribution < -0.4 is 16.3 Å². The number of thiazole rings is 2. The molecule has 6 aromatic heterocycles. The van der Waals surface area contributed by atoms with E-state index in [4.69, 9.17) is 15.0 Å². The number of rotatable bonds is 4. The topological polar surface area (TPSA) is 158 Å². The number of aromatic nitrogens is 6. The van der Waals surface area contributed by atoms with Crippen LogP contribution in [0.2, 0.25) is 0 Å². The molecule has 4 aromatic carbocycles. The first kappa shape index (κ1) is 36.8. The zero-order valence-electron chi connectivity index (χ0n) is 29.1. The van der Waals surface area contributed by atoms with E-state index >= 15 is 0 Å². The van der Waals surface area contributed by atoms with Crippen molar-refractivity contribution in [2.24, 2.45) is 0 Å². The average molecular weight is 836 g/mol. The summed E-state index contributed by atoms with van der Waals surface area (Å²) in [6, 6.07) is 38.0. The highest BCUT2D eigenvalue weighted by atomic mass is 79.9. The molecule has 10 nitrogen and oxygen atoms in total. The fourth-order valence-corrected chi connectivity index (χ4v) is 8.05. The summed E-state index contributed by atoms with van der Waals surface area (Å²) in [5.41, 5.74) is 12.7. The second-order valence-electron chi connectivity index (χ2n) is 12.4. The highest BCUT2D eigenvalue weighted by molar-refractivity contribution is 9.10. The molecule has 6 heterocycles. The average Bonchev–Trinajstić information content (AvgIpc) is 3.91. The highest BCUT2D eigenvalue weighted by Crippen LogP contribution is 2.34. The van der Waals surface area contributed by atoms with Crippen molar-refractivity contribution in [3.8, 4) is 33.6 Å². The van der Waals surface area contributed by atoms with Crippen LogP contribution in [0.3, 0.4) is 0 Å². The Labute approximate surface area is 335 Å². The van der Waals surface area contributed by atoms with E-state index in [-0.39, 0.29) is 10.9 Å². The van der Waals surface area contributed by atoms with Crippen LogP contribution in [-0.4, -0.2) is 47.1 Å². The Morgan fingerprint density at radius 3 is 1.71 bits per heavy atom. The van der Waals surface area contributed by atoms with Crippen LogP contribution in [-0.2, 0) is 0 Å². The third-order valence-corrected chi connectivity index (χ3v) is 11.0. The lowest BCUT2D eigenvalue weighted by Gasteiger charge is -2.11. The lowest BCUT2D eigenvalue weighted by Crippen LogP contribution is -2.29. The second kappa shape index (κ2) is 16.3. The van der Waals surface area contributed by atoms with Crippen molar-refractivity contribution < 1.29 is 10.0 Å². The minimum atomic E-state index is -1.39. The van der Waals surface area contributed by atoms with Crippen LogP contribution in [0.15, 0.2) is 159 Å². The van der Waals surface area contributed by atoms with E-state index < -0.39 is 7.12 Å². The van der Waals surface area contributed by atoms with Crippen LogP contribution in [0, 0.1) is 0 Å². The van der Waals surface area contributed by atoms with Gasteiger partial charge in [-0.15, -0.1) is 22.7 Å². The molecule has 0 aliphatic rings. The van der Waals surface area contributed by atoms with Crippen molar-refractivity contribution in [2.45, 2.75) is 0 Å². The Hall–Kier alpha value is -6.16. The normalized spacial score (nSPS) is 10.9. The number of hydrogen-bond acceptors (Lipinski definition) is 10. The van der Waals surface area contributed by atoms with Crippen molar-refractivity contribution in [1.29, 1.82) is 0 Å². The summed E-state index contributed by atoms with van der Waals surface area (Å²) >= 11 is 6.56. The molecule has 0 radical (unpaired) electrons. The maximum absolute atomic E-state index is 12.3. The van der Waals surface area contributed by atoms with Crippen molar-refractivity contribution in [1.82, 2.24) is 29.9 Å². The molecule has 0 aliphatic carbocycles. The van der Waals surface area contributed by atoms with Gasteiger partial charge in [0.15, 0.2) is 10.9 Å². The number of halogens is 1. The number of benzene rings is 4. The molecule has 0 fully saturated rings. The van der Waals surface area contributed by atoms with Gasteiger partial charge in [0, 0.05) is 45.7 Å². The van der Waals surface area contributed by atoms with Gasteiger partial charge in [0.1, 0.15) is 11.3 Å². The molecule has 272 valence electrons. The van der Waals surface area contributed by atoms with Gasteiger partial charge in [-0.3, -0.25) is 9.59 Å². The molecule has 0 aliphatic heterocycles. The number of pyridine rings is 4. The van der Waals surface area contributed by atoms with E-state index in [1.165, 1.54) is 23.5 Å². The Morgan fingerprint density at radius 1 is 0.571 bits per heavy atom.